The number of carbonyl (C=O) groups is 1. The second kappa shape index (κ2) is 9.35. The molecule has 0 amide bonds. The Morgan fingerprint density at radius 3 is 2.69 bits per heavy atom. The topological polar surface area (TPSA) is 75.6 Å². The first-order valence-electron chi connectivity index (χ1n) is 9.58. The van der Waals surface area contributed by atoms with Crippen LogP contribution in [0, 0.1) is 12.3 Å². The first-order valence-corrected chi connectivity index (χ1v) is 10.4. The number of guanidine groups is 1. The van der Waals surface area contributed by atoms with E-state index in [0.29, 0.717) is 16.9 Å². The highest BCUT2D eigenvalue weighted by molar-refractivity contribution is 7.13. The van der Waals surface area contributed by atoms with Gasteiger partial charge in [-0.3, -0.25) is 4.99 Å². The first kappa shape index (κ1) is 20.7. The van der Waals surface area contributed by atoms with Gasteiger partial charge in [0.15, 0.2) is 5.96 Å². The van der Waals surface area contributed by atoms with Crippen LogP contribution in [0.3, 0.4) is 0 Å². The van der Waals surface area contributed by atoms with Crippen LogP contribution in [-0.4, -0.2) is 36.6 Å². The van der Waals surface area contributed by atoms with Crippen molar-refractivity contribution in [3.63, 3.8) is 0 Å². The van der Waals surface area contributed by atoms with Crippen LogP contribution in [0.1, 0.15) is 79.8 Å². The Labute approximate surface area is 160 Å². The quantitative estimate of drug-likeness (QED) is 0.427. The van der Waals surface area contributed by atoms with Gasteiger partial charge in [-0.2, -0.15) is 0 Å². The minimum absolute atomic E-state index is 0.0314. The molecule has 26 heavy (non-hydrogen) atoms. The molecule has 0 bridgehead atoms. The molecule has 1 atom stereocenters. The average Bonchev–Trinajstić information content (AvgIpc) is 3.20. The Balaban J connectivity index is 2.06. The zero-order valence-corrected chi connectivity index (χ0v) is 17.5. The summed E-state index contributed by atoms with van der Waals surface area (Å²) in [5.74, 6) is 0.509. The van der Waals surface area contributed by atoms with Gasteiger partial charge in [-0.15, -0.1) is 11.3 Å². The number of aromatic nitrogens is 1. The summed E-state index contributed by atoms with van der Waals surface area (Å²) in [6, 6.07) is -0.0314. The molecule has 1 aromatic heterocycles. The highest BCUT2D eigenvalue weighted by Crippen LogP contribution is 2.37. The lowest BCUT2D eigenvalue weighted by Crippen LogP contribution is -2.39. The molecule has 1 unspecified atom stereocenters. The van der Waals surface area contributed by atoms with Gasteiger partial charge >= 0.3 is 5.97 Å². The Kier molecular flexibility index (Phi) is 7.43. The largest absolute Gasteiger partial charge is 0.462 e. The van der Waals surface area contributed by atoms with Crippen molar-refractivity contribution in [1.29, 1.82) is 0 Å². The summed E-state index contributed by atoms with van der Waals surface area (Å²) in [4.78, 5) is 21.9. The summed E-state index contributed by atoms with van der Waals surface area (Å²) in [6.45, 7) is 12.1. The molecule has 0 radical (unpaired) electrons. The minimum Gasteiger partial charge on any atom is -0.462 e. The maximum Gasteiger partial charge on any atom is 0.350 e. The normalized spacial score (nSPS) is 17.8. The van der Waals surface area contributed by atoms with E-state index < -0.39 is 0 Å². The third-order valence-corrected chi connectivity index (χ3v) is 6.09. The number of aliphatic imine (C=N–C) groups is 1. The van der Waals surface area contributed by atoms with Crippen molar-refractivity contribution >= 4 is 23.3 Å². The van der Waals surface area contributed by atoms with Gasteiger partial charge < -0.3 is 15.4 Å². The van der Waals surface area contributed by atoms with E-state index in [1.165, 1.54) is 37.0 Å². The number of esters is 1. The van der Waals surface area contributed by atoms with Gasteiger partial charge in [0, 0.05) is 13.1 Å². The molecule has 7 heteroatoms. The Morgan fingerprint density at radius 2 is 2.08 bits per heavy atom. The number of nitrogens with zero attached hydrogens (tertiary/aromatic N) is 2. The fourth-order valence-electron chi connectivity index (χ4n) is 3.23. The van der Waals surface area contributed by atoms with Gasteiger partial charge in [-0.1, -0.05) is 19.8 Å². The number of ether oxygens (including phenoxy) is 1. The van der Waals surface area contributed by atoms with Crippen LogP contribution < -0.4 is 10.6 Å². The van der Waals surface area contributed by atoms with Crippen molar-refractivity contribution < 1.29 is 9.53 Å². The monoisotopic (exact) mass is 380 g/mol. The van der Waals surface area contributed by atoms with Gasteiger partial charge in [-0.25, -0.2) is 9.78 Å². The van der Waals surface area contributed by atoms with Gasteiger partial charge in [0.05, 0.1) is 18.3 Å². The molecule has 1 aliphatic rings. The maximum atomic E-state index is 12.0. The summed E-state index contributed by atoms with van der Waals surface area (Å²) in [5.41, 5.74) is 1.04. The van der Waals surface area contributed by atoms with E-state index >= 15 is 0 Å². The van der Waals surface area contributed by atoms with E-state index in [9.17, 15) is 4.79 Å². The molecule has 0 aromatic carbocycles. The van der Waals surface area contributed by atoms with E-state index in [1.807, 2.05) is 20.8 Å². The van der Waals surface area contributed by atoms with Crippen molar-refractivity contribution in [3.05, 3.63) is 15.6 Å². The molecule has 1 aliphatic carbocycles. The maximum absolute atomic E-state index is 12.0. The number of hydrogen-bond donors (Lipinski definition) is 2. The van der Waals surface area contributed by atoms with Crippen LogP contribution in [0.4, 0.5) is 0 Å². The molecule has 0 saturated heterocycles. The summed E-state index contributed by atoms with van der Waals surface area (Å²) < 4.78 is 5.10. The van der Waals surface area contributed by atoms with Gasteiger partial charge in [0.1, 0.15) is 9.88 Å². The number of nitrogens with one attached hydrogen (secondary N) is 2. The van der Waals surface area contributed by atoms with Crippen LogP contribution in [0.2, 0.25) is 0 Å². The lowest BCUT2D eigenvalue weighted by atomic mass is 9.89. The van der Waals surface area contributed by atoms with Crippen LogP contribution in [0.5, 0.6) is 0 Å². The predicted molar refractivity (Wildman–Crippen MR) is 107 cm³/mol. The Morgan fingerprint density at radius 1 is 1.38 bits per heavy atom. The van der Waals surface area contributed by atoms with E-state index in [0.717, 1.165) is 29.8 Å². The fourth-order valence-corrected chi connectivity index (χ4v) is 4.19. The predicted octanol–water partition coefficient (Wildman–Crippen LogP) is 3.82. The summed E-state index contributed by atoms with van der Waals surface area (Å²) in [7, 11) is 0. The summed E-state index contributed by atoms with van der Waals surface area (Å²) >= 11 is 1.39. The molecule has 146 valence electrons. The number of carbonyl (C=O) groups excluding carboxylic acids is 1. The average molecular weight is 381 g/mol. The highest BCUT2D eigenvalue weighted by atomic mass is 32.1. The molecule has 1 saturated carbocycles. The second-order valence-electron chi connectivity index (χ2n) is 7.27. The second-order valence-corrected chi connectivity index (χ2v) is 8.30. The summed E-state index contributed by atoms with van der Waals surface area (Å²) in [5, 5.41) is 7.60. The molecule has 2 rings (SSSR count). The van der Waals surface area contributed by atoms with Crippen molar-refractivity contribution in [2.24, 2.45) is 10.4 Å². The third kappa shape index (κ3) is 5.43. The van der Waals surface area contributed by atoms with Crippen molar-refractivity contribution in [3.8, 4) is 0 Å². The SMILES string of the molecule is CCNC(=NCC1(C)CCCC1)NC(C)c1nc(C)c(C(=O)OCC)s1. The smallest absolute Gasteiger partial charge is 0.350 e. The van der Waals surface area contributed by atoms with Crippen molar-refractivity contribution in [2.75, 3.05) is 19.7 Å². The van der Waals surface area contributed by atoms with Crippen LogP contribution in [0.25, 0.3) is 0 Å². The molecule has 6 nitrogen and oxygen atoms in total. The van der Waals surface area contributed by atoms with Crippen molar-refractivity contribution in [2.45, 2.75) is 66.3 Å². The summed E-state index contributed by atoms with van der Waals surface area (Å²) in [6.07, 6.45) is 5.11. The molecular weight excluding hydrogens is 348 g/mol. The van der Waals surface area contributed by atoms with E-state index in [2.05, 4.69) is 29.5 Å². The minimum atomic E-state index is -0.296. The van der Waals surface area contributed by atoms with E-state index in [-0.39, 0.29) is 12.0 Å². The number of hydrogen-bond acceptors (Lipinski definition) is 5. The Hall–Kier alpha value is -1.63. The molecule has 2 N–H and O–H groups in total. The van der Waals surface area contributed by atoms with Gasteiger partial charge in [-0.05, 0) is 46.0 Å². The molecule has 1 heterocycles. The zero-order chi connectivity index (χ0) is 19.2. The van der Waals surface area contributed by atoms with E-state index in [4.69, 9.17) is 9.73 Å². The fraction of sp³-hybridized carbons (Fsp3) is 0.737. The standard InChI is InChI=1S/C19H32N4O2S/c1-6-20-18(21-12-19(5)10-8-9-11-19)23-14(4)16-22-13(3)15(26-16)17(24)25-7-2/h14H,6-12H2,1-5H3,(H2,20,21,23). The van der Waals surface area contributed by atoms with Crippen LogP contribution >= 0.6 is 11.3 Å². The number of rotatable bonds is 7. The van der Waals surface area contributed by atoms with Gasteiger partial charge in [0.2, 0.25) is 0 Å². The molecule has 1 fully saturated rings. The number of thiazole rings is 1. The molecular formula is C19H32N4O2S. The zero-order valence-electron chi connectivity index (χ0n) is 16.6. The van der Waals surface area contributed by atoms with Crippen LogP contribution in [-0.2, 0) is 4.74 Å². The third-order valence-electron chi connectivity index (χ3n) is 4.77. The molecule has 1 aromatic rings. The van der Waals surface area contributed by atoms with Crippen LogP contribution in [0.15, 0.2) is 4.99 Å². The van der Waals surface area contributed by atoms with E-state index in [1.54, 1.807) is 0 Å². The number of aryl methyl sites for hydroxylation is 1. The lowest BCUT2D eigenvalue weighted by molar-refractivity contribution is 0.0531. The van der Waals surface area contributed by atoms with Gasteiger partial charge in [0.25, 0.3) is 0 Å². The molecule has 0 spiro atoms. The first-order chi connectivity index (χ1) is 12.4. The highest BCUT2D eigenvalue weighted by Gasteiger charge is 2.28. The van der Waals surface area contributed by atoms with Crippen molar-refractivity contribution in [1.82, 2.24) is 15.6 Å². The lowest BCUT2D eigenvalue weighted by Gasteiger charge is -2.22. The Bertz CT molecular complexity index is 635. The molecule has 0 aliphatic heterocycles.